The van der Waals surface area contributed by atoms with Gasteiger partial charge < -0.3 is 15.0 Å². The SMILES string of the molecule is Cn1nc(C2CCC2)cc1NC(=O)NCc1cnc(N2CCOCC2)c(F)c1. The van der Waals surface area contributed by atoms with Crippen LogP contribution >= 0.6 is 0 Å². The van der Waals surface area contributed by atoms with Crippen LogP contribution in [0.1, 0.15) is 36.4 Å². The Morgan fingerprint density at radius 2 is 2.11 bits per heavy atom. The van der Waals surface area contributed by atoms with E-state index in [1.807, 2.05) is 11.0 Å². The van der Waals surface area contributed by atoms with Gasteiger partial charge in [-0.3, -0.25) is 10.00 Å². The molecule has 0 radical (unpaired) electrons. The van der Waals surface area contributed by atoms with E-state index >= 15 is 0 Å². The third kappa shape index (κ3) is 4.09. The summed E-state index contributed by atoms with van der Waals surface area (Å²) in [5.74, 6) is 1.09. The van der Waals surface area contributed by atoms with Crippen molar-refractivity contribution in [2.24, 2.45) is 7.05 Å². The number of morpholine rings is 1. The van der Waals surface area contributed by atoms with Crippen LogP contribution in [0.2, 0.25) is 0 Å². The number of aryl methyl sites for hydroxylation is 1. The highest BCUT2D eigenvalue weighted by molar-refractivity contribution is 5.88. The van der Waals surface area contributed by atoms with E-state index in [0.717, 1.165) is 18.5 Å². The summed E-state index contributed by atoms with van der Waals surface area (Å²) >= 11 is 0. The molecule has 0 aromatic carbocycles. The van der Waals surface area contributed by atoms with Crippen LogP contribution in [0.25, 0.3) is 0 Å². The van der Waals surface area contributed by atoms with Gasteiger partial charge >= 0.3 is 6.03 Å². The number of pyridine rings is 1. The molecule has 0 bridgehead atoms. The maximum absolute atomic E-state index is 14.4. The van der Waals surface area contributed by atoms with E-state index in [1.54, 1.807) is 17.9 Å². The summed E-state index contributed by atoms with van der Waals surface area (Å²) in [5.41, 5.74) is 1.62. The van der Waals surface area contributed by atoms with Crippen molar-refractivity contribution in [1.82, 2.24) is 20.1 Å². The minimum atomic E-state index is -0.390. The third-order valence-corrected chi connectivity index (χ3v) is 5.31. The van der Waals surface area contributed by atoms with E-state index in [9.17, 15) is 9.18 Å². The second-order valence-corrected chi connectivity index (χ2v) is 7.26. The monoisotopic (exact) mass is 388 g/mol. The highest BCUT2D eigenvalue weighted by Crippen LogP contribution is 2.36. The summed E-state index contributed by atoms with van der Waals surface area (Å²) in [6.07, 6.45) is 5.13. The molecular weight excluding hydrogens is 363 g/mol. The zero-order valence-electron chi connectivity index (χ0n) is 15.9. The van der Waals surface area contributed by atoms with Crippen molar-refractivity contribution in [3.8, 4) is 0 Å². The average molecular weight is 388 g/mol. The number of amides is 2. The molecular formula is C19H25FN6O2. The van der Waals surface area contributed by atoms with Crippen molar-refractivity contribution >= 4 is 17.7 Å². The first kappa shape index (κ1) is 18.7. The predicted molar refractivity (Wildman–Crippen MR) is 103 cm³/mol. The standard InChI is InChI=1S/C19H25FN6O2/c1-25-17(10-16(24-25)14-3-2-4-14)23-19(27)22-12-13-9-15(20)18(21-11-13)26-5-7-28-8-6-26/h9-11,14H,2-8,12H2,1H3,(H2,22,23,27). The molecule has 4 rings (SSSR count). The van der Waals surface area contributed by atoms with E-state index in [0.29, 0.717) is 49.4 Å². The first-order valence-electron chi connectivity index (χ1n) is 9.66. The Kier molecular flexibility index (Phi) is 5.43. The van der Waals surface area contributed by atoms with Crippen LogP contribution in [-0.2, 0) is 18.3 Å². The molecule has 0 spiro atoms. The Labute approximate surface area is 163 Å². The summed E-state index contributed by atoms with van der Waals surface area (Å²) in [7, 11) is 1.81. The molecule has 2 aromatic rings. The molecule has 28 heavy (non-hydrogen) atoms. The van der Waals surface area contributed by atoms with Gasteiger partial charge in [0.1, 0.15) is 5.82 Å². The molecule has 8 nitrogen and oxygen atoms in total. The Hall–Kier alpha value is -2.68. The molecule has 2 aromatic heterocycles. The summed E-state index contributed by atoms with van der Waals surface area (Å²) < 4.78 is 21.3. The second-order valence-electron chi connectivity index (χ2n) is 7.26. The lowest BCUT2D eigenvalue weighted by atomic mass is 9.83. The van der Waals surface area contributed by atoms with Crippen LogP contribution in [-0.4, -0.2) is 47.1 Å². The number of halogens is 1. The van der Waals surface area contributed by atoms with Crippen LogP contribution in [0, 0.1) is 5.82 Å². The number of carbonyl (C=O) groups excluding carboxylic acids is 1. The van der Waals surface area contributed by atoms with Crippen LogP contribution in [0.3, 0.4) is 0 Å². The Bertz CT molecular complexity index is 845. The molecule has 2 fully saturated rings. The fourth-order valence-electron chi connectivity index (χ4n) is 3.43. The van der Waals surface area contributed by atoms with Crippen molar-refractivity contribution in [2.45, 2.75) is 31.7 Å². The van der Waals surface area contributed by atoms with Crippen LogP contribution in [0.4, 0.5) is 20.8 Å². The van der Waals surface area contributed by atoms with Gasteiger partial charge in [-0.1, -0.05) is 6.42 Å². The van der Waals surface area contributed by atoms with E-state index in [4.69, 9.17) is 4.74 Å². The van der Waals surface area contributed by atoms with E-state index in [1.165, 1.54) is 12.5 Å². The molecule has 3 heterocycles. The van der Waals surface area contributed by atoms with E-state index < -0.39 is 5.82 Å². The number of hydrogen-bond donors (Lipinski definition) is 2. The number of nitrogens with one attached hydrogen (secondary N) is 2. The number of urea groups is 1. The zero-order valence-corrected chi connectivity index (χ0v) is 15.9. The highest BCUT2D eigenvalue weighted by atomic mass is 19.1. The number of anilines is 2. The fourth-order valence-corrected chi connectivity index (χ4v) is 3.43. The van der Waals surface area contributed by atoms with E-state index in [-0.39, 0.29) is 12.6 Å². The molecule has 1 saturated carbocycles. The molecule has 0 atom stereocenters. The molecule has 2 aliphatic rings. The fraction of sp³-hybridized carbons (Fsp3) is 0.526. The van der Waals surface area contributed by atoms with Gasteiger partial charge in [0.25, 0.3) is 0 Å². The van der Waals surface area contributed by atoms with Crippen LogP contribution in [0.5, 0.6) is 0 Å². The molecule has 1 aliphatic heterocycles. The lowest BCUT2D eigenvalue weighted by molar-refractivity contribution is 0.122. The molecule has 2 amide bonds. The first-order chi connectivity index (χ1) is 13.6. The predicted octanol–water partition coefficient (Wildman–Crippen LogP) is 2.38. The summed E-state index contributed by atoms with van der Waals surface area (Å²) in [6.45, 7) is 2.57. The quantitative estimate of drug-likeness (QED) is 0.822. The normalized spacial score (nSPS) is 17.3. The number of aromatic nitrogens is 3. The maximum Gasteiger partial charge on any atom is 0.320 e. The number of hydrogen-bond acceptors (Lipinski definition) is 5. The van der Waals surface area contributed by atoms with Gasteiger partial charge in [-0.05, 0) is 24.5 Å². The highest BCUT2D eigenvalue weighted by Gasteiger charge is 2.23. The first-order valence-corrected chi connectivity index (χ1v) is 9.66. The minimum Gasteiger partial charge on any atom is -0.378 e. The maximum atomic E-state index is 14.4. The lowest BCUT2D eigenvalue weighted by Gasteiger charge is -2.28. The summed E-state index contributed by atoms with van der Waals surface area (Å²) in [5, 5.41) is 10.0. The molecule has 1 aliphatic carbocycles. The van der Waals surface area contributed by atoms with Gasteiger partial charge in [0, 0.05) is 44.9 Å². The van der Waals surface area contributed by atoms with Crippen molar-refractivity contribution in [2.75, 3.05) is 36.5 Å². The topological polar surface area (TPSA) is 84.3 Å². The van der Waals surface area contributed by atoms with Gasteiger partial charge in [-0.15, -0.1) is 0 Å². The smallest absolute Gasteiger partial charge is 0.320 e. The molecule has 9 heteroatoms. The molecule has 1 saturated heterocycles. The lowest BCUT2D eigenvalue weighted by Crippen LogP contribution is -2.37. The molecule has 150 valence electrons. The van der Waals surface area contributed by atoms with Gasteiger partial charge in [-0.25, -0.2) is 14.2 Å². The van der Waals surface area contributed by atoms with Crippen molar-refractivity contribution in [3.05, 3.63) is 35.4 Å². The van der Waals surface area contributed by atoms with E-state index in [2.05, 4.69) is 20.7 Å². The Morgan fingerprint density at radius 1 is 1.32 bits per heavy atom. The van der Waals surface area contributed by atoms with Crippen molar-refractivity contribution in [3.63, 3.8) is 0 Å². The Balaban J connectivity index is 1.32. The van der Waals surface area contributed by atoms with Gasteiger partial charge in [0.2, 0.25) is 0 Å². The van der Waals surface area contributed by atoms with Gasteiger partial charge in [-0.2, -0.15) is 5.10 Å². The third-order valence-electron chi connectivity index (χ3n) is 5.31. The number of carbonyl (C=O) groups is 1. The second kappa shape index (κ2) is 8.14. The number of rotatable bonds is 5. The van der Waals surface area contributed by atoms with Gasteiger partial charge in [0.05, 0.1) is 18.9 Å². The number of ether oxygens (including phenoxy) is 1. The van der Waals surface area contributed by atoms with Crippen LogP contribution in [0.15, 0.2) is 18.3 Å². The minimum absolute atomic E-state index is 0.187. The molecule has 2 N–H and O–H groups in total. The zero-order chi connectivity index (χ0) is 19.5. The van der Waals surface area contributed by atoms with Crippen LogP contribution < -0.4 is 15.5 Å². The Morgan fingerprint density at radius 3 is 2.79 bits per heavy atom. The van der Waals surface area contributed by atoms with Gasteiger partial charge in [0.15, 0.2) is 11.6 Å². The van der Waals surface area contributed by atoms with Crippen molar-refractivity contribution < 1.29 is 13.9 Å². The largest absolute Gasteiger partial charge is 0.378 e. The average Bonchev–Trinajstić information content (AvgIpc) is 2.99. The van der Waals surface area contributed by atoms with Crippen molar-refractivity contribution in [1.29, 1.82) is 0 Å². The molecule has 0 unspecified atom stereocenters. The number of nitrogens with zero attached hydrogens (tertiary/aromatic N) is 4. The summed E-state index contributed by atoms with van der Waals surface area (Å²) in [4.78, 5) is 18.3. The summed E-state index contributed by atoms with van der Waals surface area (Å²) in [6, 6.07) is 2.97.